The van der Waals surface area contributed by atoms with Gasteiger partial charge in [-0.1, -0.05) is 27.2 Å². The molecule has 0 radical (unpaired) electrons. The van der Waals surface area contributed by atoms with Crippen molar-refractivity contribution in [3.8, 4) is 0 Å². The highest BCUT2D eigenvalue weighted by Crippen LogP contribution is 2.37. The molecule has 0 amide bonds. The van der Waals surface area contributed by atoms with Crippen molar-refractivity contribution in [3.63, 3.8) is 0 Å². The summed E-state index contributed by atoms with van der Waals surface area (Å²) in [7, 11) is 2.26. The van der Waals surface area contributed by atoms with Crippen LogP contribution in [0.25, 0.3) is 0 Å². The van der Waals surface area contributed by atoms with Crippen molar-refractivity contribution in [2.24, 2.45) is 0 Å². The SMILES string of the molecule is CCCC(C)(C)[Si](NC)(NC)NC(C)(C)C. The summed E-state index contributed by atoms with van der Waals surface area (Å²) in [4.78, 5) is 10.9. The molecule has 0 aromatic rings. The van der Waals surface area contributed by atoms with E-state index in [1.807, 2.05) is 0 Å². The van der Waals surface area contributed by atoms with Gasteiger partial charge in [-0.15, -0.1) is 0 Å². The maximum atomic E-state index is 3.81. The summed E-state index contributed by atoms with van der Waals surface area (Å²) in [5, 5.41) is 0.276. The van der Waals surface area contributed by atoms with Crippen LogP contribution in [-0.4, -0.2) is 28.2 Å². The quantitative estimate of drug-likeness (QED) is 0.629. The van der Waals surface area contributed by atoms with Crippen molar-refractivity contribution in [2.75, 3.05) is 14.1 Å². The lowest BCUT2D eigenvalue weighted by Crippen LogP contribution is -2.78. The third kappa shape index (κ3) is 3.84. The molecule has 98 valence electrons. The molecule has 0 atom stereocenters. The normalized spacial score (nSPS) is 14.2. The first-order valence-corrected chi connectivity index (χ1v) is 8.31. The fraction of sp³-hybridized carbons (Fsp3) is 1.00. The molecule has 0 saturated carbocycles. The van der Waals surface area contributed by atoms with Crippen LogP contribution in [0, 0.1) is 0 Å². The second-order valence-corrected chi connectivity index (χ2v) is 10.4. The van der Waals surface area contributed by atoms with Crippen LogP contribution in [0.5, 0.6) is 0 Å². The number of hydrogen-bond donors (Lipinski definition) is 3. The van der Waals surface area contributed by atoms with E-state index in [0.717, 1.165) is 0 Å². The summed E-state index contributed by atoms with van der Waals surface area (Å²) in [6.45, 7) is 13.6. The van der Waals surface area contributed by atoms with E-state index in [4.69, 9.17) is 0 Å². The molecule has 3 nitrogen and oxygen atoms in total. The fourth-order valence-corrected chi connectivity index (χ4v) is 6.41. The van der Waals surface area contributed by atoms with Gasteiger partial charge in [0.1, 0.15) is 0 Å². The summed E-state index contributed by atoms with van der Waals surface area (Å²) in [6, 6.07) is 0. The Balaban J connectivity index is 5.08. The second kappa shape index (κ2) is 5.62. The van der Waals surface area contributed by atoms with Gasteiger partial charge in [0.2, 0.25) is 0 Å². The summed E-state index contributed by atoms with van der Waals surface area (Å²) in [5.74, 6) is 0. The van der Waals surface area contributed by atoms with Gasteiger partial charge >= 0.3 is 0 Å². The first kappa shape index (κ1) is 16.1. The molecule has 0 aliphatic carbocycles. The fourth-order valence-electron chi connectivity index (χ4n) is 2.47. The number of nitrogens with one attached hydrogen (secondary N) is 3. The van der Waals surface area contributed by atoms with Crippen molar-refractivity contribution in [1.82, 2.24) is 14.9 Å². The lowest BCUT2D eigenvalue weighted by atomic mass is 10.1. The highest BCUT2D eigenvalue weighted by Gasteiger charge is 2.48. The Morgan fingerprint density at radius 3 is 1.62 bits per heavy atom. The molecule has 0 unspecified atom stereocenters. The number of hydrogen-bond acceptors (Lipinski definition) is 3. The molecule has 0 fully saturated rings. The molecule has 3 N–H and O–H groups in total. The summed E-state index contributed by atoms with van der Waals surface area (Å²) in [5.41, 5.74) is 0.128. The molecule has 0 bridgehead atoms. The van der Waals surface area contributed by atoms with Gasteiger partial charge in [0.15, 0.2) is 0 Å². The highest BCUT2D eigenvalue weighted by atomic mass is 28.4. The van der Waals surface area contributed by atoms with Crippen LogP contribution < -0.4 is 14.9 Å². The zero-order valence-corrected chi connectivity index (χ0v) is 13.4. The van der Waals surface area contributed by atoms with E-state index >= 15 is 0 Å². The second-order valence-electron chi connectivity index (χ2n) is 6.26. The number of rotatable bonds is 6. The van der Waals surface area contributed by atoms with E-state index in [9.17, 15) is 0 Å². The van der Waals surface area contributed by atoms with Crippen LogP contribution in [0.2, 0.25) is 5.04 Å². The van der Waals surface area contributed by atoms with Gasteiger partial charge in [-0.25, -0.2) is 0 Å². The Bertz CT molecular complexity index is 205. The van der Waals surface area contributed by atoms with Gasteiger partial charge < -0.3 is 14.9 Å². The zero-order valence-electron chi connectivity index (χ0n) is 12.4. The van der Waals surface area contributed by atoms with Gasteiger partial charge in [-0.2, -0.15) is 0 Å². The molecule has 0 aliphatic heterocycles. The van der Waals surface area contributed by atoms with Crippen LogP contribution in [0.1, 0.15) is 54.4 Å². The molecule has 0 rings (SSSR count). The van der Waals surface area contributed by atoms with E-state index in [0.29, 0.717) is 0 Å². The molecular formula is C12H31N3Si. The zero-order chi connectivity index (χ0) is 13.0. The van der Waals surface area contributed by atoms with Crippen molar-refractivity contribution in [1.29, 1.82) is 0 Å². The Morgan fingerprint density at radius 2 is 1.38 bits per heavy atom. The summed E-state index contributed by atoms with van der Waals surface area (Å²) < 4.78 is 0. The minimum Gasteiger partial charge on any atom is -0.316 e. The minimum atomic E-state index is -1.88. The van der Waals surface area contributed by atoms with Crippen molar-refractivity contribution in [3.05, 3.63) is 0 Å². The molecule has 0 aliphatic rings. The Morgan fingerprint density at radius 1 is 0.938 bits per heavy atom. The third-order valence-electron chi connectivity index (χ3n) is 3.20. The molecular weight excluding hydrogens is 214 g/mol. The summed E-state index contributed by atoms with van der Waals surface area (Å²) >= 11 is 0. The maximum absolute atomic E-state index is 3.81. The standard InChI is InChI=1S/C12H31N3Si/c1-9-10-12(5,6)16(13-7,14-8)15-11(2,3)4/h13-15H,9-10H2,1-8H3. The van der Waals surface area contributed by atoms with Gasteiger partial charge in [0.25, 0.3) is 8.56 Å². The molecule has 0 aromatic carbocycles. The maximum Gasteiger partial charge on any atom is 0.287 e. The lowest BCUT2D eigenvalue weighted by molar-refractivity contribution is 0.451. The van der Waals surface area contributed by atoms with Crippen LogP contribution in [0.15, 0.2) is 0 Å². The molecule has 0 heterocycles. The average Bonchev–Trinajstić information content (AvgIpc) is 2.12. The van der Waals surface area contributed by atoms with E-state index in [2.05, 4.69) is 70.6 Å². The van der Waals surface area contributed by atoms with E-state index in [1.54, 1.807) is 0 Å². The van der Waals surface area contributed by atoms with Crippen molar-refractivity contribution < 1.29 is 0 Å². The third-order valence-corrected chi connectivity index (χ3v) is 8.11. The first-order chi connectivity index (χ1) is 7.14. The van der Waals surface area contributed by atoms with Crippen LogP contribution >= 0.6 is 0 Å². The van der Waals surface area contributed by atoms with E-state index in [1.165, 1.54) is 12.8 Å². The average molecular weight is 245 g/mol. The van der Waals surface area contributed by atoms with E-state index in [-0.39, 0.29) is 10.6 Å². The van der Waals surface area contributed by atoms with Crippen LogP contribution in [0.3, 0.4) is 0 Å². The van der Waals surface area contributed by atoms with Crippen molar-refractivity contribution in [2.45, 2.75) is 65.0 Å². The molecule has 0 spiro atoms. The Hall–Kier alpha value is 0.0969. The molecule has 4 heteroatoms. The topological polar surface area (TPSA) is 36.1 Å². The van der Waals surface area contributed by atoms with Gasteiger partial charge in [-0.05, 0) is 41.3 Å². The molecule has 16 heavy (non-hydrogen) atoms. The summed E-state index contributed by atoms with van der Waals surface area (Å²) in [6.07, 6.45) is 2.45. The first-order valence-electron chi connectivity index (χ1n) is 6.31. The van der Waals surface area contributed by atoms with Crippen LogP contribution in [0.4, 0.5) is 0 Å². The lowest BCUT2D eigenvalue weighted by Gasteiger charge is -2.47. The minimum absolute atomic E-state index is 0.128. The largest absolute Gasteiger partial charge is 0.316 e. The smallest absolute Gasteiger partial charge is 0.287 e. The van der Waals surface area contributed by atoms with E-state index < -0.39 is 8.56 Å². The van der Waals surface area contributed by atoms with Gasteiger partial charge in [-0.3, -0.25) is 0 Å². The van der Waals surface area contributed by atoms with Crippen LogP contribution in [-0.2, 0) is 0 Å². The van der Waals surface area contributed by atoms with Gasteiger partial charge in [0.05, 0.1) is 0 Å². The predicted molar refractivity (Wildman–Crippen MR) is 75.7 cm³/mol. The predicted octanol–water partition coefficient (Wildman–Crippen LogP) is 2.33. The van der Waals surface area contributed by atoms with Crippen molar-refractivity contribution >= 4 is 8.56 Å². The molecule has 0 saturated heterocycles. The highest BCUT2D eigenvalue weighted by molar-refractivity contribution is 6.75. The Labute approximate surface area is 103 Å². The molecule has 0 aromatic heterocycles. The van der Waals surface area contributed by atoms with Gasteiger partial charge in [0, 0.05) is 10.6 Å². The monoisotopic (exact) mass is 245 g/mol. The Kier molecular flexibility index (Phi) is 5.66.